The van der Waals surface area contributed by atoms with Crippen LogP contribution in [0.1, 0.15) is 316 Å². The third-order valence-corrected chi connectivity index (χ3v) is 18.6. The number of phosphoric ester groups is 2. The second-order valence-corrected chi connectivity index (χ2v) is 29.7. The maximum absolute atomic E-state index is 13.0. The van der Waals surface area contributed by atoms with Crippen molar-refractivity contribution in [3.05, 3.63) is 158 Å². The van der Waals surface area contributed by atoms with Crippen LogP contribution in [0.4, 0.5) is 0 Å². The Morgan fingerprint density at radius 3 is 0.800 bits per heavy atom. The molecule has 5 atom stereocenters. The van der Waals surface area contributed by atoms with Gasteiger partial charge >= 0.3 is 33.6 Å². The number of allylic oxidation sites excluding steroid dienone is 26. The van der Waals surface area contributed by atoms with Gasteiger partial charge in [-0.3, -0.25) is 32.5 Å². The van der Waals surface area contributed by atoms with Gasteiger partial charge in [0.25, 0.3) is 0 Å². The second kappa shape index (κ2) is 78.7. The number of ether oxygens (including phenoxy) is 3. The first-order valence-corrected chi connectivity index (χ1v) is 43.8. The van der Waals surface area contributed by atoms with Gasteiger partial charge in [0, 0.05) is 19.3 Å². The Balaban J connectivity index is 4.59. The first-order valence-electron chi connectivity index (χ1n) is 40.8. The van der Waals surface area contributed by atoms with Crippen LogP contribution in [0.15, 0.2) is 158 Å². The van der Waals surface area contributed by atoms with Crippen molar-refractivity contribution in [2.75, 3.05) is 39.6 Å². The quantitative estimate of drug-likeness (QED) is 0.0146. The number of carbonyl (C=O) groups excluding carboxylic acids is 3. The van der Waals surface area contributed by atoms with E-state index < -0.39 is 91.5 Å². The predicted octanol–water partition coefficient (Wildman–Crippen LogP) is 24.2. The van der Waals surface area contributed by atoms with E-state index in [2.05, 4.69) is 179 Å². The molecule has 0 bridgehead atoms. The minimum absolute atomic E-state index is 0.0805. The molecule has 18 heteroatoms. The number of esters is 3. The number of rotatable bonds is 76. The summed E-state index contributed by atoms with van der Waals surface area (Å²) in [5.41, 5.74) is 0. The molecule has 4 N–H and O–H groups in total. The fraction of sp³-hybridized carbons (Fsp3) is 0.667. The zero-order valence-electron chi connectivity index (χ0n) is 65.6. The van der Waals surface area contributed by atoms with Crippen molar-refractivity contribution in [3.63, 3.8) is 0 Å². The summed E-state index contributed by atoms with van der Waals surface area (Å²) in [6.45, 7) is 2.40. The molecule has 0 aromatic carbocycles. The van der Waals surface area contributed by atoms with Gasteiger partial charge in [0.1, 0.15) is 25.4 Å². The Kier molecular flexibility index (Phi) is 75.1. The lowest BCUT2D eigenvalue weighted by atomic mass is 10.0. The lowest BCUT2D eigenvalue weighted by Gasteiger charge is -2.21. The van der Waals surface area contributed by atoms with Crippen LogP contribution < -0.4 is 0 Å². The molecule has 5 unspecified atom stereocenters. The van der Waals surface area contributed by atoms with Crippen LogP contribution in [0.2, 0.25) is 0 Å². The van der Waals surface area contributed by atoms with Gasteiger partial charge in [-0.25, -0.2) is 9.13 Å². The highest BCUT2D eigenvalue weighted by Crippen LogP contribution is 2.45. The molecule has 0 aliphatic carbocycles. The Bertz CT molecular complexity index is 2540. The minimum Gasteiger partial charge on any atom is -0.463 e. The second-order valence-electron chi connectivity index (χ2n) is 26.8. The molecule has 600 valence electrons. The molecule has 0 rings (SSSR count). The molecule has 0 fully saturated rings. The largest absolute Gasteiger partial charge is 0.472 e. The number of unbranched alkanes of at least 4 members (excludes halogenated alkanes) is 27. The summed E-state index contributed by atoms with van der Waals surface area (Å²) in [5.74, 6) is -1.61. The van der Waals surface area contributed by atoms with Crippen molar-refractivity contribution >= 4 is 33.6 Å². The zero-order chi connectivity index (χ0) is 76.6. The Hall–Kier alpha value is -4.83. The first kappa shape index (κ1) is 100. The van der Waals surface area contributed by atoms with Crippen molar-refractivity contribution in [3.8, 4) is 0 Å². The summed E-state index contributed by atoms with van der Waals surface area (Å²) in [7, 11) is -9.81. The van der Waals surface area contributed by atoms with Crippen LogP contribution >= 0.6 is 15.6 Å². The van der Waals surface area contributed by atoms with Crippen molar-refractivity contribution in [2.45, 2.75) is 334 Å². The monoisotopic (exact) mass is 1510 g/mol. The van der Waals surface area contributed by atoms with Crippen LogP contribution in [0.5, 0.6) is 0 Å². The molecule has 0 saturated carbocycles. The summed E-state index contributed by atoms with van der Waals surface area (Å²) in [6.07, 6.45) is 98.6. The molecule has 0 amide bonds. The number of carbonyl (C=O) groups is 3. The smallest absolute Gasteiger partial charge is 0.463 e. The standard InChI is InChI=1S/C87H146O16P2/c1-4-7-10-13-16-19-22-25-28-30-32-34-36-38-40-42-44-46-48-50-53-55-58-61-64-67-70-73-85(90)97-76-82(88)77-99-104(93,94)100-78-83(89)79-101-105(95,96)102-81-84(103-87(92)75-72-69-66-63-60-57-52-27-24-21-18-15-12-9-6-3)80-98-86(91)74-71-68-65-62-59-56-54-51-49-47-45-43-41-39-37-35-33-31-29-26-23-20-17-14-11-8-5-2/h7,9-10,12,16-21,25-29,32-35,38-41,44,46,52,82-84,88-89H,4-6,8,11,13-15,22-24,30-31,36-37,42-43,45,47-51,53-81H2,1-3H3,(H,93,94)(H,95,96)/b10-7-,12-9-,19-16-,20-17-,21-18-,28-25-,29-26-,34-32-,35-33-,40-38-,41-39-,46-44-,52-27-. The first-order chi connectivity index (χ1) is 51.2. The van der Waals surface area contributed by atoms with Gasteiger partial charge in [0.2, 0.25) is 0 Å². The van der Waals surface area contributed by atoms with E-state index in [1.807, 2.05) is 0 Å². The van der Waals surface area contributed by atoms with E-state index in [1.54, 1.807) is 0 Å². The lowest BCUT2D eigenvalue weighted by molar-refractivity contribution is -0.161. The third-order valence-electron chi connectivity index (χ3n) is 16.7. The van der Waals surface area contributed by atoms with Gasteiger partial charge in [0.05, 0.1) is 26.4 Å². The lowest BCUT2D eigenvalue weighted by Crippen LogP contribution is -2.30. The highest BCUT2D eigenvalue weighted by Gasteiger charge is 2.29. The predicted molar refractivity (Wildman–Crippen MR) is 435 cm³/mol. The average Bonchev–Trinajstić information content (AvgIpc) is 0.942. The van der Waals surface area contributed by atoms with E-state index in [1.165, 1.54) is 83.5 Å². The summed E-state index contributed by atoms with van der Waals surface area (Å²) in [5, 5.41) is 20.7. The van der Waals surface area contributed by atoms with E-state index in [0.29, 0.717) is 19.3 Å². The van der Waals surface area contributed by atoms with Gasteiger partial charge in [-0.15, -0.1) is 0 Å². The van der Waals surface area contributed by atoms with E-state index in [4.69, 9.17) is 32.3 Å². The number of aliphatic hydroxyl groups is 2. The molecule has 0 radical (unpaired) electrons. The minimum atomic E-state index is -4.94. The van der Waals surface area contributed by atoms with Gasteiger partial charge in [0.15, 0.2) is 6.10 Å². The number of aliphatic hydroxyl groups excluding tert-OH is 2. The molecular formula is C87H146O16P2. The molecule has 0 saturated heterocycles. The third kappa shape index (κ3) is 80.0. The van der Waals surface area contributed by atoms with Crippen molar-refractivity contribution in [1.29, 1.82) is 0 Å². The van der Waals surface area contributed by atoms with Gasteiger partial charge in [-0.05, 0) is 148 Å². The van der Waals surface area contributed by atoms with E-state index in [9.17, 15) is 43.5 Å². The van der Waals surface area contributed by atoms with Crippen LogP contribution in [0.25, 0.3) is 0 Å². The molecule has 0 heterocycles. The van der Waals surface area contributed by atoms with Gasteiger partial charge in [-0.1, -0.05) is 307 Å². The molecule has 0 aromatic heterocycles. The maximum Gasteiger partial charge on any atom is 0.472 e. The van der Waals surface area contributed by atoms with Crippen molar-refractivity contribution in [2.24, 2.45) is 0 Å². The number of hydrogen-bond acceptors (Lipinski definition) is 14. The van der Waals surface area contributed by atoms with Gasteiger partial charge in [-0.2, -0.15) is 0 Å². The maximum atomic E-state index is 13.0. The molecule has 0 spiro atoms. The van der Waals surface area contributed by atoms with E-state index in [-0.39, 0.29) is 19.3 Å². The molecule has 105 heavy (non-hydrogen) atoms. The molecule has 0 aliphatic rings. The summed E-state index contributed by atoms with van der Waals surface area (Å²) in [6, 6.07) is 0. The highest BCUT2D eigenvalue weighted by atomic mass is 31.2. The van der Waals surface area contributed by atoms with Crippen LogP contribution in [-0.2, 0) is 55.8 Å². The highest BCUT2D eigenvalue weighted by molar-refractivity contribution is 7.47. The van der Waals surface area contributed by atoms with Crippen LogP contribution in [-0.4, -0.2) is 95.9 Å². The van der Waals surface area contributed by atoms with E-state index >= 15 is 0 Å². The Labute approximate surface area is 638 Å². The van der Waals surface area contributed by atoms with Gasteiger partial charge < -0.3 is 34.2 Å². The zero-order valence-corrected chi connectivity index (χ0v) is 67.4. The summed E-state index contributed by atoms with van der Waals surface area (Å²) >= 11 is 0. The van der Waals surface area contributed by atoms with Crippen LogP contribution in [0.3, 0.4) is 0 Å². The summed E-state index contributed by atoms with van der Waals surface area (Å²) in [4.78, 5) is 58.7. The van der Waals surface area contributed by atoms with E-state index in [0.717, 1.165) is 173 Å². The van der Waals surface area contributed by atoms with Crippen LogP contribution in [0, 0.1) is 0 Å². The molecule has 0 aromatic rings. The number of hydrogen-bond donors (Lipinski definition) is 4. The normalized spacial score (nSPS) is 14.8. The molecular weight excluding hydrogens is 1360 g/mol. The topological polar surface area (TPSA) is 231 Å². The molecule has 16 nitrogen and oxygen atoms in total. The average molecular weight is 1510 g/mol. The van der Waals surface area contributed by atoms with Crippen molar-refractivity contribution in [1.82, 2.24) is 0 Å². The summed E-state index contributed by atoms with van der Waals surface area (Å²) < 4.78 is 61.2. The SMILES string of the molecule is CC/C=C\C/C=C\C/C=C\C/C=C\C/C=C\C/C=C\CCCCCCCCCCC(=O)OCC(O)COP(=O)(O)OCC(O)COP(=O)(O)OCC(COC(=O)CCCCCCCCCCCCC/C=C\C/C=C\C/C=C\C/C=C\CCCCC)OC(=O)CCCCCCC/C=C\C/C=C\C/C=C\CC. The fourth-order valence-corrected chi connectivity index (χ4v) is 12.2. The fourth-order valence-electron chi connectivity index (χ4n) is 10.6. The molecule has 0 aliphatic heterocycles. The number of phosphoric acid groups is 2. The Morgan fingerprint density at radius 1 is 0.276 bits per heavy atom. The Morgan fingerprint density at radius 2 is 0.505 bits per heavy atom. The van der Waals surface area contributed by atoms with Crippen molar-refractivity contribution < 1.29 is 75.8 Å².